The lowest BCUT2D eigenvalue weighted by Crippen LogP contribution is -2.46. The van der Waals surface area contributed by atoms with Gasteiger partial charge in [-0.2, -0.15) is 0 Å². The molecular formula is C24H51NO6. The molecule has 0 aromatic rings. The summed E-state index contributed by atoms with van der Waals surface area (Å²) in [7, 11) is 0. The van der Waals surface area contributed by atoms with E-state index in [1.807, 2.05) is 13.8 Å². The molecule has 6 unspecified atom stereocenters. The zero-order valence-electron chi connectivity index (χ0n) is 21.0. The van der Waals surface area contributed by atoms with E-state index in [-0.39, 0.29) is 12.5 Å². The Labute approximate surface area is 191 Å². The highest BCUT2D eigenvalue weighted by Gasteiger charge is 2.24. The molecule has 0 aromatic heterocycles. The lowest BCUT2D eigenvalue weighted by atomic mass is 10.2. The van der Waals surface area contributed by atoms with Crippen molar-refractivity contribution < 1.29 is 29.2 Å². The Bertz CT molecular complexity index is 353. The van der Waals surface area contributed by atoms with E-state index >= 15 is 0 Å². The van der Waals surface area contributed by atoms with E-state index in [2.05, 4.69) is 33.0 Å². The standard InChI is InChI=1S/C24H51NO6/c1-7-13-19(28-23(17-11-5)30-21(26)15-9-3)25-20(14-8-2)29-24(18-12-6)31-22(27)16-10-4/h19-27H,7-18H2,1-6H3. The number of hydrogen-bond donors (Lipinski definition) is 3. The second kappa shape index (κ2) is 20.3. The molecule has 0 aliphatic heterocycles. The van der Waals surface area contributed by atoms with Crippen LogP contribution in [0, 0.1) is 0 Å². The Morgan fingerprint density at radius 3 is 1.10 bits per heavy atom. The Kier molecular flexibility index (Phi) is 20.2. The van der Waals surface area contributed by atoms with Crippen LogP contribution in [0.2, 0.25) is 0 Å². The molecule has 0 aliphatic carbocycles. The Morgan fingerprint density at radius 1 is 0.484 bits per heavy atom. The predicted molar refractivity (Wildman–Crippen MR) is 124 cm³/mol. The average Bonchev–Trinajstić information content (AvgIpc) is 2.69. The molecule has 0 bridgehead atoms. The number of aliphatic hydroxyl groups is 2. The maximum Gasteiger partial charge on any atom is 0.162 e. The van der Waals surface area contributed by atoms with E-state index in [0.29, 0.717) is 25.7 Å². The van der Waals surface area contributed by atoms with E-state index in [0.717, 1.165) is 51.4 Å². The summed E-state index contributed by atoms with van der Waals surface area (Å²) in [5.41, 5.74) is 0. The topological polar surface area (TPSA) is 89.4 Å². The van der Waals surface area contributed by atoms with Gasteiger partial charge in [-0.25, -0.2) is 0 Å². The van der Waals surface area contributed by atoms with E-state index in [1.54, 1.807) is 0 Å². The molecule has 0 fully saturated rings. The van der Waals surface area contributed by atoms with Gasteiger partial charge in [0.05, 0.1) is 0 Å². The molecule has 0 spiro atoms. The largest absolute Gasteiger partial charge is 0.368 e. The molecule has 0 aliphatic rings. The van der Waals surface area contributed by atoms with Crippen LogP contribution in [0.25, 0.3) is 0 Å². The maximum atomic E-state index is 10.1. The van der Waals surface area contributed by atoms with Crippen molar-refractivity contribution in [3.05, 3.63) is 0 Å². The molecule has 7 nitrogen and oxygen atoms in total. The van der Waals surface area contributed by atoms with Gasteiger partial charge in [0.15, 0.2) is 25.2 Å². The number of rotatable bonds is 22. The summed E-state index contributed by atoms with van der Waals surface area (Å²) in [5, 5.41) is 23.6. The molecule has 0 saturated heterocycles. The molecule has 0 heterocycles. The molecular weight excluding hydrogens is 398 g/mol. The van der Waals surface area contributed by atoms with Crippen molar-refractivity contribution in [3.63, 3.8) is 0 Å². The van der Waals surface area contributed by atoms with E-state index in [9.17, 15) is 10.2 Å². The molecule has 188 valence electrons. The molecule has 0 rings (SSSR count). The van der Waals surface area contributed by atoms with Gasteiger partial charge in [0, 0.05) is 0 Å². The van der Waals surface area contributed by atoms with Crippen LogP contribution in [0.3, 0.4) is 0 Å². The first-order valence-electron chi connectivity index (χ1n) is 12.7. The minimum absolute atomic E-state index is 0.255. The van der Waals surface area contributed by atoms with E-state index in [1.165, 1.54) is 0 Å². The Morgan fingerprint density at radius 2 is 0.806 bits per heavy atom. The van der Waals surface area contributed by atoms with Gasteiger partial charge in [-0.1, -0.05) is 80.1 Å². The highest BCUT2D eigenvalue weighted by molar-refractivity contribution is 4.64. The number of hydrogen-bond acceptors (Lipinski definition) is 7. The predicted octanol–water partition coefficient (Wildman–Crippen LogP) is 5.38. The summed E-state index contributed by atoms with van der Waals surface area (Å²) in [6.45, 7) is 12.4. The molecule has 7 heteroatoms. The van der Waals surface area contributed by atoms with Crippen LogP contribution in [-0.2, 0) is 18.9 Å². The van der Waals surface area contributed by atoms with Crippen LogP contribution in [0.5, 0.6) is 0 Å². The fourth-order valence-corrected chi connectivity index (χ4v) is 3.27. The third kappa shape index (κ3) is 16.1. The SMILES string of the molecule is CCCC(O)OC(CCC)OC(CCC)NC(CCC)OC(CCC)OC(O)CCC. The molecule has 0 saturated carbocycles. The summed E-state index contributed by atoms with van der Waals surface area (Å²) < 4.78 is 23.9. The first-order valence-corrected chi connectivity index (χ1v) is 12.7. The quantitative estimate of drug-likeness (QED) is 0.191. The van der Waals surface area contributed by atoms with Crippen molar-refractivity contribution in [2.45, 2.75) is 156 Å². The van der Waals surface area contributed by atoms with Crippen LogP contribution < -0.4 is 5.32 Å². The van der Waals surface area contributed by atoms with Crippen LogP contribution in [0.4, 0.5) is 0 Å². The molecule has 6 atom stereocenters. The summed E-state index contributed by atoms with van der Waals surface area (Å²) in [5.74, 6) is 0. The lowest BCUT2D eigenvalue weighted by molar-refractivity contribution is -0.271. The normalized spacial score (nSPS) is 17.8. The van der Waals surface area contributed by atoms with E-state index < -0.39 is 25.2 Å². The Hall–Kier alpha value is -0.280. The number of nitrogens with one attached hydrogen (secondary N) is 1. The third-order valence-corrected chi connectivity index (χ3v) is 4.84. The van der Waals surface area contributed by atoms with Crippen LogP contribution in [-0.4, -0.2) is 47.8 Å². The Balaban J connectivity index is 5.09. The minimum atomic E-state index is -0.811. The van der Waals surface area contributed by atoms with Gasteiger partial charge in [0.1, 0.15) is 12.5 Å². The van der Waals surface area contributed by atoms with Gasteiger partial charge in [0.25, 0.3) is 0 Å². The second-order valence-electron chi connectivity index (χ2n) is 8.19. The summed E-state index contributed by atoms with van der Waals surface area (Å²) in [6, 6.07) is 0. The van der Waals surface area contributed by atoms with Gasteiger partial charge in [0.2, 0.25) is 0 Å². The van der Waals surface area contributed by atoms with Crippen LogP contribution in [0.1, 0.15) is 119 Å². The van der Waals surface area contributed by atoms with Crippen molar-refractivity contribution in [1.29, 1.82) is 0 Å². The molecule has 3 N–H and O–H groups in total. The maximum absolute atomic E-state index is 10.1. The van der Waals surface area contributed by atoms with Crippen molar-refractivity contribution in [3.8, 4) is 0 Å². The lowest BCUT2D eigenvalue weighted by Gasteiger charge is -2.32. The highest BCUT2D eigenvalue weighted by atomic mass is 16.7. The number of ether oxygens (including phenoxy) is 4. The van der Waals surface area contributed by atoms with Crippen molar-refractivity contribution >= 4 is 0 Å². The highest BCUT2D eigenvalue weighted by Crippen LogP contribution is 2.17. The number of aliphatic hydroxyl groups excluding tert-OH is 2. The molecule has 31 heavy (non-hydrogen) atoms. The van der Waals surface area contributed by atoms with Crippen molar-refractivity contribution in [2.24, 2.45) is 0 Å². The smallest absolute Gasteiger partial charge is 0.162 e. The molecule has 0 radical (unpaired) electrons. The van der Waals surface area contributed by atoms with Gasteiger partial charge >= 0.3 is 0 Å². The fourth-order valence-electron chi connectivity index (χ4n) is 3.27. The third-order valence-electron chi connectivity index (χ3n) is 4.84. The molecule has 0 amide bonds. The zero-order valence-corrected chi connectivity index (χ0v) is 21.0. The van der Waals surface area contributed by atoms with Gasteiger partial charge in [-0.15, -0.1) is 0 Å². The fraction of sp³-hybridized carbons (Fsp3) is 1.00. The van der Waals surface area contributed by atoms with E-state index in [4.69, 9.17) is 18.9 Å². The van der Waals surface area contributed by atoms with Crippen molar-refractivity contribution in [1.82, 2.24) is 5.32 Å². The second-order valence-corrected chi connectivity index (χ2v) is 8.19. The monoisotopic (exact) mass is 449 g/mol. The van der Waals surface area contributed by atoms with Crippen LogP contribution >= 0.6 is 0 Å². The first kappa shape index (κ1) is 30.7. The summed E-state index contributed by atoms with van der Waals surface area (Å²) in [4.78, 5) is 0. The van der Waals surface area contributed by atoms with Gasteiger partial charge < -0.3 is 29.2 Å². The zero-order chi connectivity index (χ0) is 23.5. The first-order chi connectivity index (χ1) is 14.9. The van der Waals surface area contributed by atoms with Gasteiger partial charge in [-0.3, -0.25) is 5.32 Å². The van der Waals surface area contributed by atoms with Crippen molar-refractivity contribution in [2.75, 3.05) is 0 Å². The average molecular weight is 450 g/mol. The molecule has 0 aromatic carbocycles. The van der Waals surface area contributed by atoms with Gasteiger partial charge in [-0.05, 0) is 38.5 Å². The minimum Gasteiger partial charge on any atom is -0.368 e. The van der Waals surface area contributed by atoms with Crippen LogP contribution in [0.15, 0.2) is 0 Å². The summed E-state index contributed by atoms with van der Waals surface area (Å²) >= 11 is 0. The summed E-state index contributed by atoms with van der Waals surface area (Å²) in [6.07, 6.45) is 6.54.